The Hall–Kier alpha value is -1.40. The van der Waals surface area contributed by atoms with Gasteiger partial charge in [0, 0.05) is 0 Å². The minimum atomic E-state index is -0.543. The number of pyridine rings is 1. The Labute approximate surface area is 120 Å². The van der Waals surface area contributed by atoms with Crippen LogP contribution in [-0.4, -0.2) is 21.7 Å². The van der Waals surface area contributed by atoms with Crippen molar-refractivity contribution >= 4 is 44.5 Å². The van der Waals surface area contributed by atoms with Gasteiger partial charge in [0.2, 0.25) is 0 Å². The first kappa shape index (κ1) is 14.0. The summed E-state index contributed by atoms with van der Waals surface area (Å²) in [5.41, 5.74) is 1.11. The van der Waals surface area contributed by atoms with Crippen molar-refractivity contribution in [3.63, 3.8) is 0 Å². The van der Waals surface area contributed by atoms with Gasteiger partial charge in [-0.3, -0.25) is 5.32 Å². The van der Waals surface area contributed by atoms with E-state index in [2.05, 4.69) is 15.3 Å². The van der Waals surface area contributed by atoms with E-state index in [1.54, 1.807) is 26.8 Å². The molecule has 0 atom stereocenters. The van der Waals surface area contributed by atoms with Gasteiger partial charge >= 0.3 is 6.09 Å². The SMILES string of the molecule is Cc1cc(Cl)nc2sc(NC(=O)OC(C)(C)C)nc12. The fourth-order valence-electron chi connectivity index (χ4n) is 1.47. The molecule has 0 aromatic carbocycles. The first-order chi connectivity index (χ1) is 8.74. The van der Waals surface area contributed by atoms with Crippen molar-refractivity contribution in [3.05, 3.63) is 16.8 Å². The molecule has 0 fully saturated rings. The molecule has 2 rings (SSSR count). The maximum Gasteiger partial charge on any atom is 0.413 e. The van der Waals surface area contributed by atoms with Gasteiger partial charge < -0.3 is 4.74 Å². The average Bonchev–Trinajstić information content (AvgIpc) is 2.56. The molecule has 0 radical (unpaired) electrons. The van der Waals surface area contributed by atoms with Crippen LogP contribution in [0.1, 0.15) is 26.3 Å². The molecule has 2 aromatic heterocycles. The highest BCUT2D eigenvalue weighted by Crippen LogP contribution is 2.28. The van der Waals surface area contributed by atoms with Gasteiger partial charge in [-0.1, -0.05) is 22.9 Å². The molecule has 2 heterocycles. The van der Waals surface area contributed by atoms with Crippen molar-refractivity contribution in [1.29, 1.82) is 0 Å². The number of nitrogens with zero attached hydrogens (tertiary/aromatic N) is 2. The summed E-state index contributed by atoms with van der Waals surface area (Å²) < 4.78 is 5.16. The number of carbonyl (C=O) groups excluding carboxylic acids is 1. The third kappa shape index (κ3) is 3.54. The number of hydrogen-bond donors (Lipinski definition) is 1. The van der Waals surface area contributed by atoms with Crippen molar-refractivity contribution < 1.29 is 9.53 Å². The van der Waals surface area contributed by atoms with Crippen LogP contribution < -0.4 is 5.32 Å². The Morgan fingerprint density at radius 3 is 2.74 bits per heavy atom. The zero-order valence-corrected chi connectivity index (χ0v) is 12.6. The molecular formula is C12H14ClN3O2S. The number of hydrogen-bond acceptors (Lipinski definition) is 5. The molecule has 0 bridgehead atoms. The van der Waals surface area contributed by atoms with E-state index in [-0.39, 0.29) is 0 Å². The summed E-state index contributed by atoms with van der Waals surface area (Å²) in [5, 5.41) is 3.46. The number of amides is 1. The second-order valence-electron chi connectivity index (χ2n) is 5.06. The Kier molecular flexibility index (Phi) is 3.64. The molecule has 102 valence electrons. The fourth-order valence-corrected chi connectivity index (χ4v) is 2.67. The third-order valence-corrected chi connectivity index (χ3v) is 3.19. The van der Waals surface area contributed by atoms with Crippen LogP contribution in [0.25, 0.3) is 10.3 Å². The van der Waals surface area contributed by atoms with E-state index in [1.165, 1.54) is 11.3 Å². The monoisotopic (exact) mass is 299 g/mol. The molecule has 0 aliphatic rings. The van der Waals surface area contributed by atoms with Crippen molar-refractivity contribution in [2.45, 2.75) is 33.3 Å². The maximum atomic E-state index is 11.6. The standard InChI is InChI=1S/C12H14ClN3O2S/c1-6-5-7(13)14-9-8(6)15-10(19-9)16-11(17)18-12(2,3)4/h5H,1-4H3,(H,15,16,17). The van der Waals surface area contributed by atoms with Gasteiger partial charge in [0.15, 0.2) is 5.13 Å². The van der Waals surface area contributed by atoms with E-state index in [4.69, 9.17) is 16.3 Å². The van der Waals surface area contributed by atoms with Gasteiger partial charge in [0.1, 0.15) is 21.1 Å². The van der Waals surface area contributed by atoms with E-state index < -0.39 is 11.7 Å². The lowest BCUT2D eigenvalue weighted by molar-refractivity contribution is 0.0636. The highest BCUT2D eigenvalue weighted by Gasteiger charge is 2.18. The van der Waals surface area contributed by atoms with Crippen molar-refractivity contribution in [2.75, 3.05) is 5.32 Å². The fraction of sp³-hybridized carbons (Fsp3) is 0.417. The highest BCUT2D eigenvalue weighted by molar-refractivity contribution is 7.22. The zero-order valence-electron chi connectivity index (χ0n) is 11.1. The van der Waals surface area contributed by atoms with Gasteiger partial charge in [0.05, 0.1) is 0 Å². The predicted octanol–water partition coefficient (Wildman–Crippen LogP) is 4.00. The van der Waals surface area contributed by atoms with Gasteiger partial charge in [-0.2, -0.15) is 0 Å². The summed E-state index contributed by atoms with van der Waals surface area (Å²) in [7, 11) is 0. The Balaban J connectivity index is 2.23. The predicted molar refractivity (Wildman–Crippen MR) is 77.0 cm³/mol. The van der Waals surface area contributed by atoms with Crippen molar-refractivity contribution in [3.8, 4) is 0 Å². The Morgan fingerprint density at radius 2 is 2.11 bits per heavy atom. The molecule has 0 saturated carbocycles. The molecule has 1 amide bonds. The number of aryl methyl sites for hydroxylation is 1. The second kappa shape index (κ2) is 4.94. The maximum absolute atomic E-state index is 11.6. The topological polar surface area (TPSA) is 64.1 Å². The van der Waals surface area contributed by atoms with Crippen LogP contribution >= 0.6 is 22.9 Å². The van der Waals surface area contributed by atoms with Crippen LogP contribution in [0.5, 0.6) is 0 Å². The summed E-state index contributed by atoms with van der Waals surface area (Å²) in [6.07, 6.45) is -0.532. The van der Waals surface area contributed by atoms with Gasteiger partial charge in [-0.05, 0) is 39.3 Å². The Bertz CT molecular complexity index is 634. The number of carbonyl (C=O) groups is 1. The molecule has 7 heteroatoms. The van der Waals surface area contributed by atoms with Gasteiger partial charge in [-0.15, -0.1) is 0 Å². The molecule has 0 aliphatic carbocycles. The molecule has 19 heavy (non-hydrogen) atoms. The quantitative estimate of drug-likeness (QED) is 0.808. The number of anilines is 1. The molecular weight excluding hydrogens is 286 g/mol. The molecule has 1 N–H and O–H groups in total. The molecule has 0 unspecified atom stereocenters. The van der Waals surface area contributed by atoms with E-state index in [0.29, 0.717) is 15.1 Å². The normalized spacial score (nSPS) is 11.6. The summed E-state index contributed by atoms with van der Waals surface area (Å²) >= 11 is 7.14. The second-order valence-corrected chi connectivity index (χ2v) is 6.43. The first-order valence-electron chi connectivity index (χ1n) is 5.68. The third-order valence-electron chi connectivity index (χ3n) is 2.13. The van der Waals surface area contributed by atoms with Gasteiger partial charge in [-0.25, -0.2) is 14.8 Å². The highest BCUT2D eigenvalue weighted by atomic mass is 35.5. The number of halogens is 1. The molecule has 0 aliphatic heterocycles. The van der Waals surface area contributed by atoms with Crippen LogP contribution in [0.15, 0.2) is 6.07 Å². The number of ether oxygens (including phenoxy) is 1. The molecule has 2 aromatic rings. The van der Waals surface area contributed by atoms with Crippen molar-refractivity contribution in [2.24, 2.45) is 0 Å². The lowest BCUT2D eigenvalue weighted by Crippen LogP contribution is -2.27. The average molecular weight is 300 g/mol. The van der Waals surface area contributed by atoms with E-state index >= 15 is 0 Å². The first-order valence-corrected chi connectivity index (χ1v) is 6.88. The summed E-state index contributed by atoms with van der Waals surface area (Å²) in [5.74, 6) is 0. The largest absolute Gasteiger partial charge is 0.444 e. The number of fused-ring (bicyclic) bond motifs is 1. The summed E-state index contributed by atoms with van der Waals surface area (Å²) in [6, 6.07) is 1.74. The van der Waals surface area contributed by atoms with E-state index in [9.17, 15) is 4.79 Å². The van der Waals surface area contributed by atoms with Crippen LogP contribution in [0.3, 0.4) is 0 Å². The lowest BCUT2D eigenvalue weighted by atomic mass is 10.2. The molecule has 0 spiro atoms. The van der Waals surface area contributed by atoms with Crippen LogP contribution in [-0.2, 0) is 4.74 Å². The number of rotatable bonds is 1. The summed E-state index contributed by atoms with van der Waals surface area (Å²) in [6.45, 7) is 7.30. The number of aromatic nitrogens is 2. The number of thiazole rings is 1. The van der Waals surface area contributed by atoms with Crippen molar-refractivity contribution in [1.82, 2.24) is 9.97 Å². The van der Waals surface area contributed by atoms with E-state index in [0.717, 1.165) is 11.1 Å². The van der Waals surface area contributed by atoms with Crippen LogP contribution in [0.4, 0.5) is 9.93 Å². The molecule has 5 nitrogen and oxygen atoms in total. The van der Waals surface area contributed by atoms with Crippen LogP contribution in [0, 0.1) is 6.92 Å². The smallest absolute Gasteiger partial charge is 0.413 e. The number of nitrogens with one attached hydrogen (secondary N) is 1. The molecule has 0 saturated heterocycles. The minimum Gasteiger partial charge on any atom is -0.444 e. The lowest BCUT2D eigenvalue weighted by Gasteiger charge is -2.18. The Morgan fingerprint density at radius 1 is 1.42 bits per heavy atom. The zero-order chi connectivity index (χ0) is 14.2. The summed E-state index contributed by atoms with van der Waals surface area (Å²) in [4.78, 5) is 20.8. The minimum absolute atomic E-state index is 0.414. The van der Waals surface area contributed by atoms with Gasteiger partial charge in [0.25, 0.3) is 0 Å². The van der Waals surface area contributed by atoms with Crippen LogP contribution in [0.2, 0.25) is 5.15 Å². The van der Waals surface area contributed by atoms with E-state index in [1.807, 2.05) is 6.92 Å².